The number of aldehydes is 1. The minimum absolute atomic E-state index is 0.0284. The summed E-state index contributed by atoms with van der Waals surface area (Å²) in [4.78, 5) is 21.0. The monoisotopic (exact) mass is 357 g/mol. The van der Waals surface area contributed by atoms with Crippen LogP contribution in [0.1, 0.15) is 15.9 Å². The molecule has 5 nitrogen and oxygen atoms in total. The van der Waals surface area contributed by atoms with Gasteiger partial charge in [0.15, 0.2) is 5.75 Å². The van der Waals surface area contributed by atoms with E-state index >= 15 is 0 Å². The molecule has 2 aromatic carbocycles. The standard InChI is InChI=1S/C15H10F3NO4S/c16-15(17,18)24-12-4-1-10(2-5-12)9-23-14-6-3-11(8-20)7-13(14)19(21)22/h1-8H,9H2. The maximum Gasteiger partial charge on any atom is 0.446 e. The van der Waals surface area contributed by atoms with Gasteiger partial charge in [-0.25, -0.2) is 0 Å². The number of hydrogen-bond donors (Lipinski definition) is 0. The van der Waals surface area contributed by atoms with Crippen LogP contribution in [0.25, 0.3) is 0 Å². The molecule has 0 N–H and O–H groups in total. The topological polar surface area (TPSA) is 69.4 Å². The van der Waals surface area contributed by atoms with E-state index in [2.05, 4.69) is 0 Å². The molecule has 126 valence electrons. The third kappa shape index (κ3) is 4.98. The molecule has 0 heterocycles. The van der Waals surface area contributed by atoms with Crippen molar-refractivity contribution in [2.24, 2.45) is 0 Å². The molecule has 9 heteroatoms. The second-order valence-corrected chi connectivity index (χ2v) is 5.72. The zero-order chi connectivity index (χ0) is 17.7. The van der Waals surface area contributed by atoms with Crippen molar-refractivity contribution in [2.45, 2.75) is 17.0 Å². The van der Waals surface area contributed by atoms with Crippen molar-refractivity contribution in [1.29, 1.82) is 0 Å². The number of alkyl halides is 3. The number of thioether (sulfide) groups is 1. The summed E-state index contributed by atoms with van der Waals surface area (Å²) in [5, 5.41) is 11.0. The minimum atomic E-state index is -4.36. The summed E-state index contributed by atoms with van der Waals surface area (Å²) in [5.74, 6) is -0.0284. The molecule has 0 spiro atoms. The number of hydrogen-bond acceptors (Lipinski definition) is 5. The summed E-state index contributed by atoms with van der Waals surface area (Å²) < 4.78 is 42.1. The van der Waals surface area contributed by atoms with Gasteiger partial charge in [0.2, 0.25) is 0 Å². The van der Waals surface area contributed by atoms with E-state index in [0.717, 1.165) is 6.07 Å². The van der Waals surface area contributed by atoms with Gasteiger partial charge in [-0.3, -0.25) is 14.9 Å². The third-order valence-electron chi connectivity index (χ3n) is 2.87. The number of ether oxygens (including phenoxy) is 1. The van der Waals surface area contributed by atoms with E-state index in [0.29, 0.717) is 11.8 Å². The molecule has 0 fully saturated rings. The summed E-state index contributed by atoms with van der Waals surface area (Å²) in [7, 11) is 0. The minimum Gasteiger partial charge on any atom is -0.482 e. The van der Waals surface area contributed by atoms with E-state index < -0.39 is 10.4 Å². The molecule has 0 saturated carbocycles. The van der Waals surface area contributed by atoms with Crippen LogP contribution in [0.3, 0.4) is 0 Å². The smallest absolute Gasteiger partial charge is 0.446 e. The summed E-state index contributed by atoms with van der Waals surface area (Å²) in [5.41, 5.74) is -4.03. The zero-order valence-corrected chi connectivity index (χ0v) is 12.8. The van der Waals surface area contributed by atoms with E-state index in [1.807, 2.05) is 0 Å². The fourth-order valence-electron chi connectivity index (χ4n) is 1.82. The van der Waals surface area contributed by atoms with E-state index in [4.69, 9.17) is 4.74 Å². The summed E-state index contributed by atoms with van der Waals surface area (Å²) in [6.45, 7) is -0.0573. The molecule has 0 aliphatic rings. The first kappa shape index (κ1) is 17.8. The molecular formula is C15H10F3NO4S. The van der Waals surface area contributed by atoms with Crippen LogP contribution in [0, 0.1) is 10.1 Å². The first-order valence-electron chi connectivity index (χ1n) is 6.49. The van der Waals surface area contributed by atoms with Crippen molar-refractivity contribution >= 4 is 23.7 Å². The van der Waals surface area contributed by atoms with Crippen LogP contribution >= 0.6 is 11.8 Å². The molecular weight excluding hydrogens is 347 g/mol. The molecule has 2 rings (SSSR count). The maximum atomic E-state index is 12.2. The Morgan fingerprint density at radius 3 is 2.38 bits per heavy atom. The van der Waals surface area contributed by atoms with Crippen molar-refractivity contribution < 1.29 is 27.6 Å². The van der Waals surface area contributed by atoms with Crippen molar-refractivity contribution in [1.82, 2.24) is 0 Å². The lowest BCUT2D eigenvalue weighted by molar-refractivity contribution is -0.386. The van der Waals surface area contributed by atoms with Gasteiger partial charge in [0, 0.05) is 16.5 Å². The van der Waals surface area contributed by atoms with E-state index in [1.54, 1.807) is 0 Å². The van der Waals surface area contributed by atoms with Gasteiger partial charge in [-0.15, -0.1) is 0 Å². The van der Waals surface area contributed by atoms with Gasteiger partial charge >= 0.3 is 11.2 Å². The number of benzene rings is 2. The molecule has 0 bridgehead atoms. The molecule has 0 saturated heterocycles. The lowest BCUT2D eigenvalue weighted by Gasteiger charge is -2.09. The summed E-state index contributed by atoms with van der Waals surface area (Å²) in [6.07, 6.45) is 0.480. The molecule has 0 unspecified atom stereocenters. The van der Waals surface area contributed by atoms with Crippen LogP contribution in [-0.2, 0) is 6.61 Å². The van der Waals surface area contributed by atoms with Gasteiger partial charge < -0.3 is 4.74 Å². The number of nitrogens with zero attached hydrogens (tertiary/aromatic N) is 1. The number of halogens is 3. The molecule has 0 aromatic heterocycles. The molecule has 0 aliphatic carbocycles. The summed E-state index contributed by atoms with van der Waals surface area (Å²) >= 11 is -0.229. The highest BCUT2D eigenvalue weighted by atomic mass is 32.2. The van der Waals surface area contributed by atoms with Gasteiger partial charge in [-0.05, 0) is 41.6 Å². The zero-order valence-electron chi connectivity index (χ0n) is 11.9. The van der Waals surface area contributed by atoms with E-state index in [-0.39, 0.29) is 40.3 Å². The predicted molar refractivity (Wildman–Crippen MR) is 81.2 cm³/mol. The highest BCUT2D eigenvalue weighted by Gasteiger charge is 2.29. The van der Waals surface area contributed by atoms with E-state index in [1.165, 1.54) is 36.4 Å². The average molecular weight is 357 g/mol. The van der Waals surface area contributed by atoms with Crippen LogP contribution in [0.2, 0.25) is 0 Å². The Balaban J connectivity index is 2.08. The highest BCUT2D eigenvalue weighted by Crippen LogP contribution is 2.36. The molecule has 24 heavy (non-hydrogen) atoms. The first-order chi connectivity index (χ1) is 11.3. The molecule has 0 radical (unpaired) electrons. The van der Waals surface area contributed by atoms with Gasteiger partial charge in [-0.2, -0.15) is 13.2 Å². The molecule has 0 atom stereocenters. The second-order valence-electron chi connectivity index (χ2n) is 4.58. The lowest BCUT2D eigenvalue weighted by Crippen LogP contribution is -2.01. The number of rotatable bonds is 6. The average Bonchev–Trinajstić information content (AvgIpc) is 2.52. The Morgan fingerprint density at radius 2 is 1.83 bits per heavy atom. The largest absolute Gasteiger partial charge is 0.482 e. The van der Waals surface area contributed by atoms with Gasteiger partial charge in [0.1, 0.15) is 12.9 Å². The van der Waals surface area contributed by atoms with Gasteiger partial charge in [-0.1, -0.05) is 12.1 Å². The van der Waals surface area contributed by atoms with Crippen molar-refractivity contribution in [3.05, 3.63) is 63.7 Å². The first-order valence-corrected chi connectivity index (χ1v) is 7.31. The van der Waals surface area contributed by atoms with Crippen molar-refractivity contribution in [3.8, 4) is 5.75 Å². The van der Waals surface area contributed by atoms with E-state index in [9.17, 15) is 28.1 Å². The number of carbonyl (C=O) groups excluding carboxylic acids is 1. The molecule has 0 aliphatic heterocycles. The second kappa shape index (κ2) is 7.35. The fraction of sp³-hybridized carbons (Fsp3) is 0.133. The van der Waals surface area contributed by atoms with Gasteiger partial charge in [0.25, 0.3) is 0 Å². The highest BCUT2D eigenvalue weighted by molar-refractivity contribution is 8.00. The summed E-state index contributed by atoms with van der Waals surface area (Å²) in [6, 6.07) is 9.24. The fourth-order valence-corrected chi connectivity index (χ4v) is 2.36. The normalized spacial score (nSPS) is 11.1. The van der Waals surface area contributed by atoms with Crippen LogP contribution in [0.4, 0.5) is 18.9 Å². The Morgan fingerprint density at radius 1 is 1.17 bits per heavy atom. The quantitative estimate of drug-likeness (QED) is 0.327. The number of carbonyl (C=O) groups is 1. The predicted octanol–water partition coefficient (Wildman–Crippen LogP) is 4.60. The van der Waals surface area contributed by atoms with Crippen molar-refractivity contribution in [3.63, 3.8) is 0 Å². The molecule has 0 amide bonds. The Kier molecular flexibility index (Phi) is 5.45. The van der Waals surface area contributed by atoms with Crippen LogP contribution in [-0.4, -0.2) is 16.7 Å². The number of nitro benzene ring substituents is 1. The third-order valence-corrected chi connectivity index (χ3v) is 3.61. The lowest BCUT2D eigenvalue weighted by atomic mass is 10.2. The maximum absolute atomic E-state index is 12.2. The van der Waals surface area contributed by atoms with Crippen LogP contribution in [0.5, 0.6) is 5.75 Å². The van der Waals surface area contributed by atoms with Crippen LogP contribution in [0.15, 0.2) is 47.4 Å². The number of nitro groups is 1. The van der Waals surface area contributed by atoms with Gasteiger partial charge in [0.05, 0.1) is 4.92 Å². The SMILES string of the molecule is O=Cc1ccc(OCc2ccc(SC(F)(F)F)cc2)c([N+](=O)[O-])c1. The molecule has 2 aromatic rings. The Hall–Kier alpha value is -2.55. The Labute approximate surface area is 138 Å². The Bertz CT molecular complexity index is 747. The van der Waals surface area contributed by atoms with Crippen molar-refractivity contribution in [2.75, 3.05) is 0 Å². The van der Waals surface area contributed by atoms with Crippen LogP contribution < -0.4 is 4.74 Å².